The second kappa shape index (κ2) is 7.23. The maximum absolute atomic E-state index is 4.69. The molecule has 1 aliphatic rings. The van der Waals surface area contributed by atoms with E-state index in [9.17, 15) is 0 Å². The van der Waals surface area contributed by atoms with Gasteiger partial charge >= 0.3 is 0 Å². The zero-order valence-electron chi connectivity index (χ0n) is 14.8. The summed E-state index contributed by atoms with van der Waals surface area (Å²) < 4.78 is 4.42. The van der Waals surface area contributed by atoms with Crippen LogP contribution in [0.2, 0.25) is 0 Å². The topological polar surface area (TPSA) is 38.9 Å². The van der Waals surface area contributed by atoms with Gasteiger partial charge in [0.15, 0.2) is 0 Å². The minimum absolute atomic E-state index is 0.926. The fourth-order valence-corrected chi connectivity index (χ4v) is 3.65. The summed E-state index contributed by atoms with van der Waals surface area (Å²) in [6.45, 7) is 7.04. The molecule has 0 aliphatic carbocycles. The smallest absolute Gasteiger partial charge is 0.0952 e. The number of aromatic nitrogens is 4. The molecule has 0 bridgehead atoms. The minimum Gasteiger partial charge on any atom is -0.334 e. The first-order valence-corrected chi connectivity index (χ1v) is 9.13. The first-order valence-electron chi connectivity index (χ1n) is 9.13. The Kier molecular flexibility index (Phi) is 4.65. The van der Waals surface area contributed by atoms with Gasteiger partial charge in [-0.05, 0) is 25.0 Å². The number of rotatable bonds is 6. The van der Waals surface area contributed by atoms with Crippen LogP contribution in [-0.2, 0) is 39.0 Å². The number of imidazole rings is 1. The van der Waals surface area contributed by atoms with E-state index in [0.29, 0.717) is 0 Å². The summed E-state index contributed by atoms with van der Waals surface area (Å²) in [6, 6.07) is 12.8. The van der Waals surface area contributed by atoms with Crippen molar-refractivity contribution in [1.82, 2.24) is 24.2 Å². The lowest BCUT2D eigenvalue weighted by molar-refractivity contribution is 0.232. The summed E-state index contributed by atoms with van der Waals surface area (Å²) in [6.07, 6.45) is 6.05. The van der Waals surface area contributed by atoms with Gasteiger partial charge < -0.3 is 4.57 Å². The van der Waals surface area contributed by atoms with Gasteiger partial charge in [-0.15, -0.1) is 0 Å². The Morgan fingerprint density at radius 2 is 2.00 bits per heavy atom. The lowest BCUT2D eigenvalue weighted by atomic mass is 10.1. The molecule has 5 heteroatoms. The van der Waals surface area contributed by atoms with Crippen molar-refractivity contribution in [1.29, 1.82) is 0 Å². The first kappa shape index (κ1) is 16.1. The number of hydrogen-bond donors (Lipinski definition) is 0. The molecule has 0 saturated carbocycles. The molecule has 130 valence electrons. The van der Waals surface area contributed by atoms with Crippen molar-refractivity contribution in [3.63, 3.8) is 0 Å². The third-order valence-electron chi connectivity index (χ3n) is 5.04. The summed E-state index contributed by atoms with van der Waals surface area (Å²) in [7, 11) is 0. The summed E-state index contributed by atoms with van der Waals surface area (Å²) >= 11 is 0. The Balaban J connectivity index is 1.40. The Bertz CT molecular complexity index is 818. The third-order valence-corrected chi connectivity index (χ3v) is 5.04. The monoisotopic (exact) mass is 335 g/mol. The molecule has 0 unspecified atom stereocenters. The van der Waals surface area contributed by atoms with E-state index in [1.54, 1.807) is 0 Å². The molecule has 25 heavy (non-hydrogen) atoms. The maximum atomic E-state index is 4.69. The molecule has 1 aliphatic heterocycles. The molecular formula is C20H25N5. The van der Waals surface area contributed by atoms with Crippen molar-refractivity contribution >= 4 is 0 Å². The number of nitrogens with zero attached hydrogens (tertiary/aromatic N) is 5. The van der Waals surface area contributed by atoms with Crippen molar-refractivity contribution in [3.8, 4) is 0 Å². The minimum atomic E-state index is 0.926. The molecule has 1 aromatic carbocycles. The van der Waals surface area contributed by atoms with Crippen LogP contribution >= 0.6 is 0 Å². The molecule has 0 fully saturated rings. The highest BCUT2D eigenvalue weighted by Crippen LogP contribution is 2.20. The van der Waals surface area contributed by atoms with Gasteiger partial charge in [-0.3, -0.25) is 9.58 Å². The molecule has 0 N–H and O–H groups in total. The van der Waals surface area contributed by atoms with E-state index in [2.05, 4.69) is 67.6 Å². The van der Waals surface area contributed by atoms with Gasteiger partial charge in [-0.25, -0.2) is 4.98 Å². The molecule has 0 radical (unpaired) electrons. The van der Waals surface area contributed by atoms with Crippen LogP contribution in [0.15, 0.2) is 48.9 Å². The molecule has 0 atom stereocenters. The average Bonchev–Trinajstić information content (AvgIpc) is 3.27. The summed E-state index contributed by atoms with van der Waals surface area (Å²) in [5.74, 6) is 0. The normalized spacial score (nSPS) is 14.6. The molecule has 0 saturated heterocycles. The van der Waals surface area contributed by atoms with Gasteiger partial charge in [-0.2, -0.15) is 5.10 Å². The highest BCUT2D eigenvalue weighted by Gasteiger charge is 2.21. The van der Waals surface area contributed by atoms with Crippen molar-refractivity contribution < 1.29 is 0 Å². The Morgan fingerprint density at radius 3 is 2.84 bits per heavy atom. The van der Waals surface area contributed by atoms with Crippen LogP contribution in [0.5, 0.6) is 0 Å². The van der Waals surface area contributed by atoms with Crippen molar-refractivity contribution in [3.05, 3.63) is 71.6 Å². The molecule has 0 spiro atoms. The summed E-state index contributed by atoms with van der Waals surface area (Å²) in [4.78, 5) is 7.16. The van der Waals surface area contributed by atoms with Crippen LogP contribution < -0.4 is 0 Å². The molecule has 0 amide bonds. The van der Waals surface area contributed by atoms with E-state index < -0.39 is 0 Å². The van der Waals surface area contributed by atoms with Crippen LogP contribution in [0.3, 0.4) is 0 Å². The van der Waals surface area contributed by atoms with E-state index in [4.69, 9.17) is 0 Å². The Hall–Kier alpha value is -2.40. The first-order chi connectivity index (χ1) is 12.3. The van der Waals surface area contributed by atoms with E-state index in [0.717, 1.165) is 45.6 Å². The standard InChI is InChI=1S/C20H25N5/c1-2-25-18(8-11-22-25)14-23-12-10-20-19(15-23)21-16-24(20)13-9-17-6-4-3-5-7-17/h3-8,11,16H,2,9-10,12-15H2,1H3. The zero-order chi connectivity index (χ0) is 17.1. The van der Waals surface area contributed by atoms with Crippen molar-refractivity contribution in [2.24, 2.45) is 0 Å². The van der Waals surface area contributed by atoms with Gasteiger partial charge in [0.05, 0.1) is 17.7 Å². The molecule has 3 aromatic rings. The number of aryl methyl sites for hydroxylation is 3. The van der Waals surface area contributed by atoms with Crippen LogP contribution in [0.4, 0.5) is 0 Å². The van der Waals surface area contributed by atoms with E-state index >= 15 is 0 Å². The molecule has 5 nitrogen and oxygen atoms in total. The van der Waals surface area contributed by atoms with Gasteiger partial charge in [0, 0.05) is 51.0 Å². The van der Waals surface area contributed by atoms with E-state index in [-0.39, 0.29) is 0 Å². The molecule has 2 aromatic heterocycles. The number of hydrogen-bond acceptors (Lipinski definition) is 3. The van der Waals surface area contributed by atoms with Gasteiger partial charge in [0.25, 0.3) is 0 Å². The van der Waals surface area contributed by atoms with Crippen LogP contribution in [0.1, 0.15) is 29.6 Å². The van der Waals surface area contributed by atoms with Crippen LogP contribution in [0, 0.1) is 0 Å². The third kappa shape index (κ3) is 3.51. The van der Waals surface area contributed by atoms with E-state index in [1.165, 1.54) is 22.6 Å². The zero-order valence-corrected chi connectivity index (χ0v) is 14.8. The van der Waals surface area contributed by atoms with Crippen LogP contribution in [0.25, 0.3) is 0 Å². The van der Waals surface area contributed by atoms with Crippen LogP contribution in [-0.4, -0.2) is 30.8 Å². The largest absolute Gasteiger partial charge is 0.334 e. The number of benzene rings is 1. The molecule has 4 rings (SSSR count). The van der Waals surface area contributed by atoms with Crippen molar-refractivity contribution in [2.45, 2.75) is 45.9 Å². The quantitative estimate of drug-likeness (QED) is 0.695. The fraction of sp³-hybridized carbons (Fsp3) is 0.400. The van der Waals surface area contributed by atoms with E-state index in [1.807, 2.05) is 12.5 Å². The summed E-state index contributed by atoms with van der Waals surface area (Å²) in [5.41, 5.74) is 5.32. The summed E-state index contributed by atoms with van der Waals surface area (Å²) in [5, 5.41) is 4.37. The lowest BCUT2D eigenvalue weighted by Gasteiger charge is -2.27. The predicted octanol–water partition coefficient (Wildman–Crippen LogP) is 2.90. The molecular weight excluding hydrogens is 310 g/mol. The number of fused-ring (bicyclic) bond motifs is 1. The highest BCUT2D eigenvalue weighted by atomic mass is 15.3. The maximum Gasteiger partial charge on any atom is 0.0952 e. The molecule has 3 heterocycles. The second-order valence-electron chi connectivity index (χ2n) is 6.67. The van der Waals surface area contributed by atoms with Gasteiger partial charge in [0.2, 0.25) is 0 Å². The fourth-order valence-electron chi connectivity index (χ4n) is 3.65. The van der Waals surface area contributed by atoms with Gasteiger partial charge in [0.1, 0.15) is 0 Å². The Labute approximate surface area is 148 Å². The highest BCUT2D eigenvalue weighted by molar-refractivity contribution is 5.19. The predicted molar refractivity (Wildman–Crippen MR) is 98.1 cm³/mol. The SMILES string of the molecule is CCn1nccc1CN1CCc2c(ncn2CCc2ccccc2)C1. The van der Waals surface area contributed by atoms with Crippen molar-refractivity contribution in [2.75, 3.05) is 6.54 Å². The van der Waals surface area contributed by atoms with Gasteiger partial charge in [-0.1, -0.05) is 30.3 Å². The Morgan fingerprint density at radius 1 is 1.12 bits per heavy atom. The second-order valence-corrected chi connectivity index (χ2v) is 6.67. The lowest BCUT2D eigenvalue weighted by Crippen LogP contribution is -2.31. The average molecular weight is 335 g/mol.